The second-order valence-electron chi connectivity index (χ2n) is 6.39. The highest BCUT2D eigenvalue weighted by Crippen LogP contribution is 2.24. The van der Waals surface area contributed by atoms with Gasteiger partial charge in [-0.2, -0.15) is 0 Å². The summed E-state index contributed by atoms with van der Waals surface area (Å²) in [5.74, 6) is 0.174. The van der Waals surface area contributed by atoms with E-state index in [9.17, 15) is 9.59 Å². The van der Waals surface area contributed by atoms with Gasteiger partial charge in [-0.05, 0) is 49.6 Å². The summed E-state index contributed by atoms with van der Waals surface area (Å²) in [7, 11) is 0. The van der Waals surface area contributed by atoms with Crippen LogP contribution in [0.5, 0.6) is 0 Å². The maximum Gasteiger partial charge on any atom is 0.336 e. The van der Waals surface area contributed by atoms with Crippen LogP contribution in [-0.2, 0) is 17.8 Å². The number of amides is 1. The van der Waals surface area contributed by atoms with Crippen molar-refractivity contribution in [2.75, 3.05) is 19.6 Å². The number of nitrogens with one attached hydrogen (secondary N) is 1. The molecule has 1 atom stereocenters. The van der Waals surface area contributed by atoms with Gasteiger partial charge in [0.05, 0.1) is 5.92 Å². The fraction of sp³-hybridized carbons (Fsp3) is 0.474. The highest BCUT2D eigenvalue weighted by molar-refractivity contribution is 5.81. The SMILES string of the molecule is CCNC(=O)C1CCN(Cc2cc(=O)oc3ccc(CC)cc23)C1. The van der Waals surface area contributed by atoms with E-state index in [0.717, 1.165) is 36.9 Å². The fourth-order valence-corrected chi connectivity index (χ4v) is 3.38. The molecule has 0 spiro atoms. The molecule has 1 aromatic heterocycles. The second kappa shape index (κ2) is 7.18. The minimum atomic E-state index is -0.318. The fourth-order valence-electron chi connectivity index (χ4n) is 3.38. The number of fused-ring (bicyclic) bond motifs is 1. The summed E-state index contributed by atoms with van der Waals surface area (Å²) in [6.07, 6.45) is 1.81. The van der Waals surface area contributed by atoms with Gasteiger partial charge in [-0.1, -0.05) is 13.0 Å². The summed E-state index contributed by atoms with van der Waals surface area (Å²) in [6.45, 7) is 6.99. The Hall–Kier alpha value is -2.14. The highest BCUT2D eigenvalue weighted by atomic mass is 16.4. The maximum atomic E-state index is 12.0. The van der Waals surface area contributed by atoms with E-state index in [0.29, 0.717) is 18.7 Å². The molecule has 2 heterocycles. The summed E-state index contributed by atoms with van der Waals surface area (Å²) < 4.78 is 5.32. The molecule has 24 heavy (non-hydrogen) atoms. The molecule has 1 aliphatic rings. The first-order chi connectivity index (χ1) is 11.6. The Labute approximate surface area is 141 Å². The zero-order valence-electron chi connectivity index (χ0n) is 14.3. The topological polar surface area (TPSA) is 62.6 Å². The zero-order chi connectivity index (χ0) is 17.1. The predicted octanol–water partition coefficient (Wildman–Crippen LogP) is 2.31. The molecule has 1 N–H and O–H groups in total. The molecule has 1 aromatic carbocycles. The first-order valence-corrected chi connectivity index (χ1v) is 8.66. The molecule has 1 unspecified atom stereocenters. The van der Waals surface area contributed by atoms with Crippen molar-refractivity contribution in [2.45, 2.75) is 33.2 Å². The van der Waals surface area contributed by atoms with E-state index < -0.39 is 0 Å². The third-order valence-electron chi connectivity index (χ3n) is 4.69. The quantitative estimate of drug-likeness (QED) is 0.856. The number of rotatable bonds is 5. The van der Waals surface area contributed by atoms with Crippen molar-refractivity contribution in [3.63, 3.8) is 0 Å². The summed E-state index contributed by atoms with van der Waals surface area (Å²) in [4.78, 5) is 26.1. The van der Waals surface area contributed by atoms with Gasteiger partial charge in [-0.3, -0.25) is 9.69 Å². The molecular weight excluding hydrogens is 304 g/mol. The molecule has 1 amide bonds. The van der Waals surface area contributed by atoms with E-state index >= 15 is 0 Å². The molecular formula is C19H24N2O3. The van der Waals surface area contributed by atoms with Crippen LogP contribution in [0.25, 0.3) is 11.0 Å². The van der Waals surface area contributed by atoms with Gasteiger partial charge in [0.25, 0.3) is 0 Å². The van der Waals surface area contributed by atoms with Gasteiger partial charge in [-0.25, -0.2) is 4.79 Å². The van der Waals surface area contributed by atoms with Gasteiger partial charge in [-0.15, -0.1) is 0 Å². The van der Waals surface area contributed by atoms with E-state index in [4.69, 9.17) is 4.42 Å². The first-order valence-electron chi connectivity index (χ1n) is 8.66. The maximum absolute atomic E-state index is 12.0. The van der Waals surface area contributed by atoms with Crippen molar-refractivity contribution in [3.05, 3.63) is 45.8 Å². The standard InChI is InChI=1S/C19H24N2O3/c1-3-13-5-6-17-16(9-13)15(10-18(22)24-17)12-21-8-7-14(11-21)19(23)20-4-2/h5-6,9-10,14H,3-4,7-8,11-12H2,1-2H3,(H,20,23). The van der Waals surface area contributed by atoms with Gasteiger partial charge in [0.2, 0.25) is 5.91 Å². The Balaban J connectivity index is 1.82. The molecule has 3 rings (SSSR count). The van der Waals surface area contributed by atoms with Crippen molar-refractivity contribution in [1.29, 1.82) is 0 Å². The third-order valence-corrected chi connectivity index (χ3v) is 4.69. The van der Waals surface area contributed by atoms with E-state index in [1.54, 1.807) is 6.07 Å². The van der Waals surface area contributed by atoms with Crippen LogP contribution in [0.2, 0.25) is 0 Å². The van der Waals surface area contributed by atoms with E-state index in [2.05, 4.69) is 23.2 Å². The van der Waals surface area contributed by atoms with Crippen LogP contribution in [0.3, 0.4) is 0 Å². The molecule has 128 valence electrons. The zero-order valence-corrected chi connectivity index (χ0v) is 14.3. The monoisotopic (exact) mass is 328 g/mol. The van der Waals surface area contributed by atoms with Gasteiger partial charge in [0.1, 0.15) is 5.58 Å². The van der Waals surface area contributed by atoms with Crippen molar-refractivity contribution in [2.24, 2.45) is 5.92 Å². The molecule has 0 bridgehead atoms. The minimum Gasteiger partial charge on any atom is -0.423 e. The molecule has 1 aliphatic heterocycles. The minimum absolute atomic E-state index is 0.0440. The first kappa shape index (κ1) is 16.7. The average molecular weight is 328 g/mol. The largest absolute Gasteiger partial charge is 0.423 e. The van der Waals surface area contributed by atoms with E-state index in [-0.39, 0.29) is 17.5 Å². The number of hydrogen-bond donors (Lipinski definition) is 1. The second-order valence-corrected chi connectivity index (χ2v) is 6.39. The van der Waals surface area contributed by atoms with Crippen LogP contribution in [0.1, 0.15) is 31.4 Å². The number of aryl methyl sites for hydroxylation is 1. The molecule has 1 saturated heterocycles. The number of carbonyl (C=O) groups excluding carboxylic acids is 1. The Morgan fingerprint density at radius 2 is 2.17 bits per heavy atom. The van der Waals surface area contributed by atoms with Gasteiger partial charge in [0, 0.05) is 31.1 Å². The van der Waals surface area contributed by atoms with Gasteiger partial charge in [0.15, 0.2) is 0 Å². The summed E-state index contributed by atoms with van der Waals surface area (Å²) >= 11 is 0. The Morgan fingerprint density at radius 1 is 1.33 bits per heavy atom. The van der Waals surface area contributed by atoms with Crippen LogP contribution in [0.4, 0.5) is 0 Å². The summed E-state index contributed by atoms with van der Waals surface area (Å²) in [5, 5.41) is 3.89. The average Bonchev–Trinajstić information content (AvgIpc) is 3.03. The number of likely N-dealkylation sites (tertiary alicyclic amines) is 1. The third kappa shape index (κ3) is 3.51. The van der Waals surface area contributed by atoms with E-state index in [1.165, 1.54) is 5.56 Å². The number of nitrogens with zero attached hydrogens (tertiary/aromatic N) is 1. The van der Waals surface area contributed by atoms with Crippen molar-refractivity contribution >= 4 is 16.9 Å². The number of carbonyl (C=O) groups is 1. The lowest BCUT2D eigenvalue weighted by Gasteiger charge is -2.17. The molecule has 5 heteroatoms. The molecule has 0 aliphatic carbocycles. The van der Waals surface area contributed by atoms with Gasteiger partial charge < -0.3 is 9.73 Å². The summed E-state index contributed by atoms with van der Waals surface area (Å²) in [5.41, 5.74) is 2.52. The van der Waals surface area contributed by atoms with Gasteiger partial charge >= 0.3 is 5.63 Å². The van der Waals surface area contributed by atoms with Crippen LogP contribution >= 0.6 is 0 Å². The Morgan fingerprint density at radius 3 is 2.92 bits per heavy atom. The normalized spacial score (nSPS) is 18.2. The molecule has 5 nitrogen and oxygen atoms in total. The van der Waals surface area contributed by atoms with Crippen molar-refractivity contribution in [3.8, 4) is 0 Å². The number of hydrogen-bond acceptors (Lipinski definition) is 4. The van der Waals surface area contributed by atoms with Crippen molar-refractivity contribution in [1.82, 2.24) is 10.2 Å². The van der Waals surface area contributed by atoms with Crippen LogP contribution in [0.15, 0.2) is 33.5 Å². The molecule has 2 aromatic rings. The summed E-state index contributed by atoms with van der Waals surface area (Å²) in [6, 6.07) is 7.56. The number of benzene rings is 1. The lowest BCUT2D eigenvalue weighted by molar-refractivity contribution is -0.124. The van der Waals surface area contributed by atoms with E-state index in [1.807, 2.05) is 19.1 Å². The highest BCUT2D eigenvalue weighted by Gasteiger charge is 2.28. The van der Waals surface area contributed by atoms with Crippen molar-refractivity contribution < 1.29 is 9.21 Å². The lowest BCUT2D eigenvalue weighted by Crippen LogP contribution is -2.32. The molecule has 0 radical (unpaired) electrons. The lowest BCUT2D eigenvalue weighted by atomic mass is 10.1. The van der Waals surface area contributed by atoms with Crippen LogP contribution in [-0.4, -0.2) is 30.4 Å². The van der Waals surface area contributed by atoms with Crippen LogP contribution < -0.4 is 10.9 Å². The predicted molar refractivity (Wildman–Crippen MR) is 93.9 cm³/mol. The Kier molecular flexibility index (Phi) is 5.00. The van der Waals surface area contributed by atoms with Crippen LogP contribution in [0, 0.1) is 5.92 Å². The molecule has 0 saturated carbocycles. The smallest absolute Gasteiger partial charge is 0.336 e. The Bertz CT molecular complexity index is 797. The molecule has 1 fully saturated rings.